The Hall–Kier alpha value is -4.08. The summed E-state index contributed by atoms with van der Waals surface area (Å²) in [4.78, 5) is 4.19. The van der Waals surface area contributed by atoms with Crippen LogP contribution in [0.2, 0.25) is 0 Å². The fourth-order valence-corrected chi connectivity index (χ4v) is 3.11. The molecule has 0 spiro atoms. The maximum Gasteiger partial charge on any atom is 0.178 e. The number of H-pyrrole nitrogens is 1. The first-order valence-corrected chi connectivity index (χ1v) is 8.69. The molecule has 0 fully saturated rings. The topological polar surface area (TPSA) is 129 Å². The molecule has 138 valence electrons. The van der Waals surface area contributed by atoms with Gasteiger partial charge in [-0.3, -0.25) is 4.68 Å². The van der Waals surface area contributed by atoms with Crippen molar-refractivity contribution in [1.29, 1.82) is 0 Å². The first kappa shape index (κ1) is 16.1. The van der Waals surface area contributed by atoms with E-state index in [1.807, 2.05) is 59.7 Å². The SMILES string of the molecule is Nc1cc(Cc2cnn(Cc3cn(-c4ccccc4)nn3)c2)c2nn[nH]c2n1. The molecule has 0 aliphatic rings. The Kier molecular flexibility index (Phi) is 3.79. The summed E-state index contributed by atoms with van der Waals surface area (Å²) < 4.78 is 3.58. The van der Waals surface area contributed by atoms with Gasteiger partial charge in [0.2, 0.25) is 0 Å². The highest BCUT2D eigenvalue weighted by Crippen LogP contribution is 2.19. The smallest absolute Gasteiger partial charge is 0.178 e. The number of para-hydroxylation sites is 1. The molecule has 0 amide bonds. The van der Waals surface area contributed by atoms with Crippen molar-refractivity contribution in [2.45, 2.75) is 13.0 Å². The van der Waals surface area contributed by atoms with Crippen molar-refractivity contribution in [1.82, 2.24) is 45.2 Å². The van der Waals surface area contributed by atoms with Crippen LogP contribution in [-0.4, -0.2) is 45.2 Å². The molecule has 0 saturated heterocycles. The standard InChI is InChI=1S/C18H16N10/c19-16-7-13(17-18(21-16)24-25-23-17)6-12-8-20-27(9-12)10-14-11-28(26-22-14)15-4-2-1-3-5-15/h1-5,7-9,11H,6,10H2,(H3,19,21,23,24,25). The molecule has 3 N–H and O–H groups in total. The van der Waals surface area contributed by atoms with Crippen LogP contribution >= 0.6 is 0 Å². The van der Waals surface area contributed by atoms with Crippen LogP contribution in [-0.2, 0) is 13.0 Å². The number of anilines is 1. The zero-order valence-electron chi connectivity index (χ0n) is 14.8. The Bertz CT molecular complexity index is 1230. The predicted molar refractivity (Wildman–Crippen MR) is 102 cm³/mol. The lowest BCUT2D eigenvalue weighted by Gasteiger charge is -2.01. The number of pyridine rings is 1. The first-order valence-electron chi connectivity index (χ1n) is 8.69. The van der Waals surface area contributed by atoms with Crippen molar-refractivity contribution < 1.29 is 0 Å². The molecule has 10 heteroatoms. The minimum atomic E-state index is 0.429. The highest BCUT2D eigenvalue weighted by atomic mass is 15.4. The molecule has 0 aliphatic heterocycles. The number of nitrogen functional groups attached to an aromatic ring is 1. The molecule has 28 heavy (non-hydrogen) atoms. The van der Waals surface area contributed by atoms with Crippen molar-refractivity contribution in [3.05, 3.63) is 71.8 Å². The third-order valence-electron chi connectivity index (χ3n) is 4.36. The number of aromatic nitrogens is 9. The van der Waals surface area contributed by atoms with Gasteiger partial charge in [-0.25, -0.2) is 14.8 Å². The van der Waals surface area contributed by atoms with Gasteiger partial charge in [0.1, 0.15) is 17.0 Å². The van der Waals surface area contributed by atoms with Gasteiger partial charge in [-0.2, -0.15) is 5.10 Å². The lowest BCUT2D eigenvalue weighted by Crippen LogP contribution is -2.00. The normalized spacial score (nSPS) is 11.3. The van der Waals surface area contributed by atoms with Crippen molar-refractivity contribution >= 4 is 17.0 Å². The number of aromatic amines is 1. The van der Waals surface area contributed by atoms with E-state index >= 15 is 0 Å². The summed E-state index contributed by atoms with van der Waals surface area (Å²) in [6.45, 7) is 0.532. The van der Waals surface area contributed by atoms with E-state index in [1.165, 1.54) is 0 Å². The average Bonchev–Trinajstić information content (AvgIpc) is 3.44. The Labute approximate surface area is 159 Å². The number of benzene rings is 1. The van der Waals surface area contributed by atoms with E-state index in [9.17, 15) is 0 Å². The van der Waals surface area contributed by atoms with E-state index in [1.54, 1.807) is 4.68 Å². The molecule has 4 aromatic heterocycles. The monoisotopic (exact) mass is 372 g/mol. The number of fused-ring (bicyclic) bond motifs is 1. The summed E-state index contributed by atoms with van der Waals surface area (Å²) >= 11 is 0. The molecule has 0 radical (unpaired) electrons. The second-order valence-corrected chi connectivity index (χ2v) is 6.43. The number of hydrogen-bond donors (Lipinski definition) is 2. The Balaban J connectivity index is 1.34. The molecule has 0 aliphatic carbocycles. The van der Waals surface area contributed by atoms with E-state index in [0.717, 1.165) is 22.5 Å². The molecule has 4 heterocycles. The summed E-state index contributed by atoms with van der Waals surface area (Å²) in [5.74, 6) is 0.429. The third-order valence-corrected chi connectivity index (χ3v) is 4.36. The molecule has 10 nitrogen and oxygen atoms in total. The first-order chi connectivity index (χ1) is 13.7. The number of rotatable bonds is 5. The largest absolute Gasteiger partial charge is 0.384 e. The van der Waals surface area contributed by atoms with Gasteiger partial charge in [0.25, 0.3) is 0 Å². The minimum absolute atomic E-state index is 0.429. The predicted octanol–water partition coefficient (Wildman–Crippen LogP) is 1.35. The molecule has 0 unspecified atom stereocenters. The van der Waals surface area contributed by atoms with Crippen LogP contribution in [0, 0.1) is 0 Å². The second-order valence-electron chi connectivity index (χ2n) is 6.43. The molecular formula is C18H16N10. The lowest BCUT2D eigenvalue weighted by molar-refractivity contribution is 0.669. The zero-order valence-corrected chi connectivity index (χ0v) is 14.8. The zero-order chi connectivity index (χ0) is 18.9. The van der Waals surface area contributed by atoms with Gasteiger partial charge in [0.05, 0.1) is 24.6 Å². The van der Waals surface area contributed by atoms with Gasteiger partial charge in [0, 0.05) is 12.6 Å². The maximum atomic E-state index is 5.87. The fourth-order valence-electron chi connectivity index (χ4n) is 3.11. The highest BCUT2D eigenvalue weighted by molar-refractivity contribution is 5.76. The van der Waals surface area contributed by atoms with Crippen LogP contribution < -0.4 is 5.73 Å². The average molecular weight is 372 g/mol. The van der Waals surface area contributed by atoms with Crippen LogP contribution in [0.4, 0.5) is 5.82 Å². The Morgan fingerprint density at radius 1 is 1.07 bits per heavy atom. The van der Waals surface area contributed by atoms with Crippen LogP contribution in [0.3, 0.4) is 0 Å². The van der Waals surface area contributed by atoms with Gasteiger partial charge in [-0.15, -0.1) is 10.2 Å². The van der Waals surface area contributed by atoms with E-state index in [2.05, 4.69) is 35.8 Å². The molecule has 5 aromatic rings. The van der Waals surface area contributed by atoms with E-state index in [4.69, 9.17) is 5.73 Å². The van der Waals surface area contributed by atoms with Crippen molar-refractivity contribution in [3.63, 3.8) is 0 Å². The Morgan fingerprint density at radius 2 is 1.96 bits per heavy atom. The molecule has 0 atom stereocenters. The number of nitrogens with zero attached hydrogens (tertiary/aromatic N) is 8. The van der Waals surface area contributed by atoms with Crippen molar-refractivity contribution in [2.24, 2.45) is 0 Å². The van der Waals surface area contributed by atoms with Gasteiger partial charge in [-0.1, -0.05) is 28.6 Å². The highest BCUT2D eigenvalue weighted by Gasteiger charge is 2.11. The number of hydrogen-bond acceptors (Lipinski definition) is 7. The van der Waals surface area contributed by atoms with Gasteiger partial charge >= 0.3 is 0 Å². The van der Waals surface area contributed by atoms with Gasteiger partial charge < -0.3 is 5.73 Å². The molecule has 0 saturated carbocycles. The van der Waals surface area contributed by atoms with Crippen LogP contribution in [0.1, 0.15) is 16.8 Å². The molecule has 0 bridgehead atoms. The summed E-state index contributed by atoms with van der Waals surface area (Å²) in [5.41, 5.74) is 10.9. The summed E-state index contributed by atoms with van der Waals surface area (Å²) in [6.07, 6.45) is 6.33. The fraction of sp³-hybridized carbons (Fsp3) is 0.111. The summed E-state index contributed by atoms with van der Waals surface area (Å²) in [6, 6.07) is 11.7. The summed E-state index contributed by atoms with van der Waals surface area (Å²) in [5, 5.41) is 23.5. The van der Waals surface area contributed by atoms with E-state index < -0.39 is 0 Å². The number of nitrogens with one attached hydrogen (secondary N) is 1. The van der Waals surface area contributed by atoms with Gasteiger partial charge in [-0.05, 0) is 29.3 Å². The Morgan fingerprint density at radius 3 is 2.86 bits per heavy atom. The van der Waals surface area contributed by atoms with Crippen molar-refractivity contribution in [2.75, 3.05) is 5.73 Å². The maximum absolute atomic E-state index is 5.87. The minimum Gasteiger partial charge on any atom is -0.384 e. The quantitative estimate of drug-likeness (QED) is 0.476. The van der Waals surface area contributed by atoms with E-state index in [-0.39, 0.29) is 0 Å². The van der Waals surface area contributed by atoms with Crippen molar-refractivity contribution in [3.8, 4) is 5.69 Å². The van der Waals surface area contributed by atoms with Crippen LogP contribution in [0.5, 0.6) is 0 Å². The molecular weight excluding hydrogens is 356 g/mol. The van der Waals surface area contributed by atoms with Gasteiger partial charge in [0.15, 0.2) is 5.65 Å². The van der Waals surface area contributed by atoms with Crippen LogP contribution in [0.25, 0.3) is 16.9 Å². The third kappa shape index (κ3) is 3.07. The van der Waals surface area contributed by atoms with Crippen LogP contribution in [0.15, 0.2) is 55.0 Å². The summed E-state index contributed by atoms with van der Waals surface area (Å²) in [7, 11) is 0. The lowest BCUT2D eigenvalue weighted by atomic mass is 10.1. The molecule has 5 rings (SSSR count). The van der Waals surface area contributed by atoms with E-state index in [0.29, 0.717) is 29.9 Å². The molecule has 1 aromatic carbocycles. The number of nitrogens with two attached hydrogens (primary N) is 1. The second kappa shape index (κ2) is 6.58.